The maximum absolute atomic E-state index is 5.81. The van der Waals surface area contributed by atoms with E-state index in [1.807, 2.05) is 0 Å². The summed E-state index contributed by atoms with van der Waals surface area (Å²) in [6, 6.07) is 21.1. The third kappa shape index (κ3) is 6.11. The quantitative estimate of drug-likeness (QED) is 0.641. The van der Waals surface area contributed by atoms with Crippen molar-refractivity contribution in [2.75, 3.05) is 13.9 Å². The first-order chi connectivity index (χ1) is 10.4. The Morgan fingerprint density at radius 3 is 1.67 bits per heavy atom. The number of hydrogen-bond donors (Lipinski definition) is 0. The fraction of sp³-hybridized carbons (Fsp3) is 0.368. The molecule has 2 aromatic rings. The highest BCUT2D eigenvalue weighted by atomic mass is 16.7. The van der Waals surface area contributed by atoms with Gasteiger partial charge in [-0.25, -0.2) is 0 Å². The van der Waals surface area contributed by atoms with Gasteiger partial charge in [-0.1, -0.05) is 60.7 Å². The summed E-state index contributed by atoms with van der Waals surface area (Å²) >= 11 is 0. The van der Waals surface area contributed by atoms with Crippen molar-refractivity contribution in [2.24, 2.45) is 0 Å². The normalized spacial score (nSPS) is 11.0. The van der Waals surface area contributed by atoms with Crippen molar-refractivity contribution in [1.82, 2.24) is 0 Å². The number of rotatable bonds is 9. The van der Waals surface area contributed by atoms with E-state index in [1.165, 1.54) is 11.1 Å². The van der Waals surface area contributed by atoms with Crippen LogP contribution in [0.15, 0.2) is 60.7 Å². The van der Waals surface area contributed by atoms with Crippen LogP contribution in [0.4, 0.5) is 0 Å². The molecule has 0 spiro atoms. The summed E-state index contributed by atoms with van der Waals surface area (Å²) in [4.78, 5) is 0. The molecule has 0 radical (unpaired) electrons. The molecular formula is C19H24O2. The minimum absolute atomic E-state index is 0.241. The van der Waals surface area contributed by atoms with Crippen molar-refractivity contribution in [3.8, 4) is 0 Å². The van der Waals surface area contributed by atoms with Crippen LogP contribution in [0.3, 0.4) is 0 Å². The third-order valence-corrected chi connectivity index (χ3v) is 3.62. The molecule has 0 aliphatic rings. The van der Waals surface area contributed by atoms with Crippen LogP contribution in [0, 0.1) is 0 Å². The molecule has 2 heteroatoms. The first-order valence-corrected chi connectivity index (χ1v) is 7.57. The lowest BCUT2D eigenvalue weighted by Gasteiger charge is -2.17. The molecule has 0 heterocycles. The number of methoxy groups -OCH3 is 1. The maximum Gasteiger partial charge on any atom is 0.146 e. The third-order valence-electron chi connectivity index (χ3n) is 3.62. The van der Waals surface area contributed by atoms with E-state index in [9.17, 15) is 0 Å². The van der Waals surface area contributed by atoms with Gasteiger partial charge in [-0.3, -0.25) is 0 Å². The van der Waals surface area contributed by atoms with Gasteiger partial charge in [-0.05, 0) is 36.8 Å². The summed E-state index contributed by atoms with van der Waals surface area (Å²) in [7, 11) is 1.67. The topological polar surface area (TPSA) is 18.5 Å². The average Bonchev–Trinajstić information content (AvgIpc) is 2.56. The monoisotopic (exact) mass is 284 g/mol. The van der Waals surface area contributed by atoms with E-state index >= 15 is 0 Å². The Morgan fingerprint density at radius 2 is 1.24 bits per heavy atom. The van der Waals surface area contributed by atoms with Crippen LogP contribution in [0.2, 0.25) is 0 Å². The number of aryl methyl sites for hydroxylation is 2. The van der Waals surface area contributed by atoms with Crippen molar-refractivity contribution in [3.63, 3.8) is 0 Å². The first kappa shape index (κ1) is 15.7. The Kier molecular flexibility index (Phi) is 6.99. The molecular weight excluding hydrogens is 260 g/mol. The smallest absolute Gasteiger partial charge is 0.146 e. The highest BCUT2D eigenvalue weighted by Crippen LogP contribution is 2.14. The molecule has 0 amide bonds. The maximum atomic E-state index is 5.81. The summed E-state index contributed by atoms with van der Waals surface area (Å²) < 4.78 is 10.9. The van der Waals surface area contributed by atoms with Gasteiger partial charge in [0.2, 0.25) is 0 Å². The lowest BCUT2D eigenvalue weighted by molar-refractivity contribution is -0.0761. The predicted octanol–water partition coefficient (Wildman–Crippen LogP) is 4.24. The van der Waals surface area contributed by atoms with Gasteiger partial charge >= 0.3 is 0 Å². The molecule has 0 saturated carbocycles. The van der Waals surface area contributed by atoms with Crippen LogP contribution >= 0.6 is 0 Å². The van der Waals surface area contributed by atoms with Gasteiger partial charge in [0.25, 0.3) is 0 Å². The molecule has 0 bridgehead atoms. The Balaban J connectivity index is 1.82. The lowest BCUT2D eigenvalue weighted by Crippen LogP contribution is -2.16. The van der Waals surface area contributed by atoms with E-state index in [0.29, 0.717) is 6.79 Å². The van der Waals surface area contributed by atoms with E-state index in [0.717, 1.165) is 25.7 Å². The lowest BCUT2D eigenvalue weighted by atomic mass is 10.0. The first-order valence-electron chi connectivity index (χ1n) is 7.57. The fourth-order valence-electron chi connectivity index (χ4n) is 2.42. The SMILES string of the molecule is COCOC(CCc1ccccc1)CCc1ccccc1. The number of ether oxygens (including phenoxy) is 2. The van der Waals surface area contributed by atoms with Gasteiger partial charge in [0.1, 0.15) is 6.79 Å². The summed E-state index contributed by atoms with van der Waals surface area (Å²) in [5.41, 5.74) is 2.73. The van der Waals surface area contributed by atoms with Crippen molar-refractivity contribution >= 4 is 0 Å². The van der Waals surface area contributed by atoms with Crippen LogP contribution < -0.4 is 0 Å². The zero-order valence-electron chi connectivity index (χ0n) is 12.7. The zero-order valence-corrected chi connectivity index (χ0v) is 12.7. The Labute approximate surface area is 127 Å². The summed E-state index contributed by atoms with van der Waals surface area (Å²) in [6.45, 7) is 0.369. The molecule has 2 rings (SSSR count). The highest BCUT2D eigenvalue weighted by molar-refractivity contribution is 5.16. The molecule has 0 N–H and O–H groups in total. The van der Waals surface area contributed by atoms with Crippen molar-refractivity contribution < 1.29 is 9.47 Å². The zero-order chi connectivity index (χ0) is 14.8. The Morgan fingerprint density at radius 1 is 0.762 bits per heavy atom. The standard InChI is InChI=1S/C19H24O2/c1-20-16-21-19(14-12-17-8-4-2-5-9-17)15-13-18-10-6-3-7-11-18/h2-11,19H,12-16H2,1H3. The predicted molar refractivity (Wildman–Crippen MR) is 86.3 cm³/mol. The van der Waals surface area contributed by atoms with Crippen molar-refractivity contribution in [3.05, 3.63) is 71.8 Å². The van der Waals surface area contributed by atoms with Gasteiger partial charge in [-0.15, -0.1) is 0 Å². The van der Waals surface area contributed by atoms with E-state index in [-0.39, 0.29) is 6.10 Å². The van der Waals surface area contributed by atoms with Gasteiger partial charge in [-0.2, -0.15) is 0 Å². The Hall–Kier alpha value is -1.64. The molecule has 0 fully saturated rings. The van der Waals surface area contributed by atoms with Crippen LogP contribution in [0.1, 0.15) is 24.0 Å². The van der Waals surface area contributed by atoms with Gasteiger partial charge in [0, 0.05) is 7.11 Å². The molecule has 0 unspecified atom stereocenters. The molecule has 0 aliphatic carbocycles. The minimum atomic E-state index is 0.241. The number of hydrogen-bond acceptors (Lipinski definition) is 2. The van der Waals surface area contributed by atoms with Crippen LogP contribution in [0.5, 0.6) is 0 Å². The largest absolute Gasteiger partial charge is 0.359 e. The number of benzene rings is 2. The van der Waals surface area contributed by atoms with Crippen LogP contribution in [-0.4, -0.2) is 20.0 Å². The van der Waals surface area contributed by atoms with Crippen molar-refractivity contribution in [1.29, 1.82) is 0 Å². The fourth-order valence-corrected chi connectivity index (χ4v) is 2.42. The molecule has 112 valence electrons. The summed E-state index contributed by atoms with van der Waals surface area (Å²) in [5, 5.41) is 0. The van der Waals surface area contributed by atoms with Crippen LogP contribution in [0.25, 0.3) is 0 Å². The molecule has 0 aliphatic heterocycles. The summed E-state index contributed by atoms with van der Waals surface area (Å²) in [6.07, 6.45) is 4.39. The molecule has 21 heavy (non-hydrogen) atoms. The van der Waals surface area contributed by atoms with E-state index < -0.39 is 0 Å². The Bertz CT molecular complexity index is 438. The minimum Gasteiger partial charge on any atom is -0.359 e. The second-order valence-electron chi connectivity index (χ2n) is 5.24. The van der Waals surface area contributed by atoms with E-state index in [1.54, 1.807) is 7.11 Å². The van der Waals surface area contributed by atoms with Gasteiger partial charge < -0.3 is 9.47 Å². The molecule has 2 aromatic carbocycles. The molecule has 2 nitrogen and oxygen atoms in total. The molecule has 0 atom stereocenters. The second-order valence-corrected chi connectivity index (χ2v) is 5.24. The molecule has 0 saturated heterocycles. The van der Waals surface area contributed by atoms with E-state index in [4.69, 9.17) is 9.47 Å². The highest BCUT2D eigenvalue weighted by Gasteiger charge is 2.10. The van der Waals surface area contributed by atoms with E-state index in [2.05, 4.69) is 60.7 Å². The second kappa shape index (κ2) is 9.32. The van der Waals surface area contributed by atoms with Crippen LogP contribution in [-0.2, 0) is 22.3 Å². The average molecular weight is 284 g/mol. The van der Waals surface area contributed by atoms with Crippen molar-refractivity contribution in [2.45, 2.75) is 31.8 Å². The summed E-state index contributed by atoms with van der Waals surface area (Å²) in [5.74, 6) is 0. The van der Waals surface area contributed by atoms with Gasteiger partial charge in [0.05, 0.1) is 6.10 Å². The van der Waals surface area contributed by atoms with Gasteiger partial charge in [0.15, 0.2) is 0 Å². The molecule has 0 aromatic heterocycles.